The van der Waals surface area contributed by atoms with E-state index < -0.39 is 17.6 Å². The summed E-state index contributed by atoms with van der Waals surface area (Å²) in [5, 5.41) is 9.66. The minimum Gasteiger partial charge on any atom is -0.478 e. The predicted octanol–water partition coefficient (Wildman–Crippen LogP) is 7.96. The van der Waals surface area contributed by atoms with Gasteiger partial charge in [0.25, 0.3) is 0 Å². The van der Waals surface area contributed by atoms with Crippen LogP contribution in [0.4, 0.5) is 20.2 Å². The first kappa shape index (κ1) is 24.6. The third-order valence-corrected chi connectivity index (χ3v) is 5.75. The number of carboxylic acid groups (broad SMARTS) is 1. The van der Waals surface area contributed by atoms with Crippen molar-refractivity contribution in [3.63, 3.8) is 0 Å². The van der Waals surface area contributed by atoms with E-state index in [0.717, 1.165) is 6.07 Å². The summed E-state index contributed by atoms with van der Waals surface area (Å²) in [4.78, 5) is 12.7. The summed E-state index contributed by atoms with van der Waals surface area (Å²) in [5.74, 6) is -2.49. The lowest BCUT2D eigenvalue weighted by atomic mass is 10.0. The molecule has 3 aromatic rings. The summed E-state index contributed by atoms with van der Waals surface area (Å²) < 4.78 is 36.1. The number of halogens is 4. The van der Waals surface area contributed by atoms with Crippen molar-refractivity contribution < 1.29 is 23.4 Å². The zero-order chi connectivity index (χ0) is 24.3. The van der Waals surface area contributed by atoms with Crippen LogP contribution >= 0.6 is 23.2 Å². The van der Waals surface area contributed by atoms with Crippen LogP contribution < -0.4 is 9.64 Å². The molecule has 0 saturated heterocycles. The van der Waals surface area contributed by atoms with Gasteiger partial charge in [0.05, 0.1) is 27.0 Å². The summed E-state index contributed by atoms with van der Waals surface area (Å²) in [6.07, 6.45) is 0.539. The van der Waals surface area contributed by atoms with Gasteiger partial charge >= 0.3 is 5.97 Å². The van der Waals surface area contributed by atoms with Crippen LogP contribution in [-0.4, -0.2) is 17.1 Å². The Labute approximate surface area is 200 Å². The van der Waals surface area contributed by atoms with Crippen molar-refractivity contribution in [2.75, 3.05) is 4.90 Å². The van der Waals surface area contributed by atoms with Gasteiger partial charge in [0.1, 0.15) is 17.4 Å². The van der Waals surface area contributed by atoms with Crippen molar-refractivity contribution >= 4 is 46.3 Å². The molecule has 0 aliphatic rings. The Bertz CT molecular complexity index is 1200. The van der Waals surface area contributed by atoms with Crippen LogP contribution in [0.2, 0.25) is 10.0 Å². The molecule has 0 saturated carbocycles. The van der Waals surface area contributed by atoms with Crippen molar-refractivity contribution in [2.24, 2.45) is 0 Å². The number of benzene rings is 3. The fourth-order valence-corrected chi connectivity index (χ4v) is 3.81. The minimum atomic E-state index is -1.26. The average molecular weight is 492 g/mol. The van der Waals surface area contributed by atoms with Gasteiger partial charge < -0.3 is 14.7 Å². The molecule has 0 fully saturated rings. The third kappa shape index (κ3) is 5.13. The normalized spacial score (nSPS) is 11.7. The molecule has 0 bridgehead atoms. The average Bonchev–Trinajstić information content (AvgIpc) is 2.78. The number of rotatable bonds is 8. The Kier molecular flexibility index (Phi) is 7.61. The molecule has 1 unspecified atom stereocenters. The number of carboxylic acids is 1. The van der Waals surface area contributed by atoms with Crippen LogP contribution in [0, 0.1) is 11.6 Å². The number of aromatic carboxylic acids is 1. The van der Waals surface area contributed by atoms with Gasteiger partial charge in [0.15, 0.2) is 5.75 Å². The highest BCUT2D eigenvalue weighted by atomic mass is 35.5. The maximum atomic E-state index is 15.3. The van der Waals surface area contributed by atoms with Gasteiger partial charge in [-0.05, 0) is 55.8 Å². The van der Waals surface area contributed by atoms with Crippen molar-refractivity contribution in [1.82, 2.24) is 0 Å². The number of anilines is 2. The SMILES string of the molecule is C=C(Oc1c(Cl)cccc1Cl)c1cccc(F)c1N(c1ccc(C(=O)O)cc1F)C(C)CC. The summed E-state index contributed by atoms with van der Waals surface area (Å²) >= 11 is 12.4. The molecule has 1 N–H and O–H groups in total. The molecule has 0 aliphatic carbocycles. The lowest BCUT2D eigenvalue weighted by Gasteiger charge is -2.33. The van der Waals surface area contributed by atoms with Crippen LogP contribution in [0.25, 0.3) is 5.76 Å². The summed E-state index contributed by atoms with van der Waals surface area (Å²) in [7, 11) is 0. The minimum absolute atomic E-state index is 0.0178. The van der Waals surface area contributed by atoms with E-state index in [-0.39, 0.29) is 50.1 Å². The molecule has 0 amide bonds. The topological polar surface area (TPSA) is 49.8 Å². The van der Waals surface area contributed by atoms with Crippen LogP contribution in [0.5, 0.6) is 5.75 Å². The molecule has 0 aromatic heterocycles. The van der Waals surface area contributed by atoms with E-state index >= 15 is 8.78 Å². The third-order valence-electron chi connectivity index (χ3n) is 5.16. The first-order valence-corrected chi connectivity index (χ1v) is 10.8. The van der Waals surface area contributed by atoms with E-state index in [1.54, 1.807) is 31.2 Å². The Balaban J connectivity index is 2.15. The van der Waals surface area contributed by atoms with E-state index in [4.69, 9.17) is 33.0 Å². The van der Waals surface area contributed by atoms with Crippen molar-refractivity contribution in [3.05, 3.63) is 94.0 Å². The van der Waals surface area contributed by atoms with Crippen molar-refractivity contribution in [2.45, 2.75) is 26.3 Å². The van der Waals surface area contributed by atoms with Crippen molar-refractivity contribution in [1.29, 1.82) is 0 Å². The lowest BCUT2D eigenvalue weighted by Crippen LogP contribution is -2.30. The summed E-state index contributed by atoms with van der Waals surface area (Å²) in [5.41, 5.74) is 0.0921. The van der Waals surface area contributed by atoms with E-state index in [9.17, 15) is 4.79 Å². The Morgan fingerprint density at radius 2 is 1.73 bits per heavy atom. The Morgan fingerprint density at radius 1 is 1.09 bits per heavy atom. The molecule has 0 radical (unpaired) electrons. The Morgan fingerprint density at radius 3 is 2.30 bits per heavy atom. The molecule has 4 nitrogen and oxygen atoms in total. The van der Waals surface area contributed by atoms with Crippen LogP contribution in [0.3, 0.4) is 0 Å². The number of hydrogen-bond acceptors (Lipinski definition) is 3. The van der Waals surface area contributed by atoms with Gasteiger partial charge in [-0.3, -0.25) is 0 Å². The zero-order valence-corrected chi connectivity index (χ0v) is 19.4. The van der Waals surface area contributed by atoms with E-state index in [0.29, 0.717) is 6.42 Å². The van der Waals surface area contributed by atoms with Crippen LogP contribution in [0.15, 0.2) is 61.2 Å². The lowest BCUT2D eigenvalue weighted by molar-refractivity contribution is 0.0696. The molecule has 8 heteroatoms. The molecule has 3 rings (SSSR count). The number of carbonyl (C=O) groups is 1. The molecule has 172 valence electrons. The predicted molar refractivity (Wildman–Crippen MR) is 128 cm³/mol. The van der Waals surface area contributed by atoms with Gasteiger partial charge in [-0.1, -0.05) is 48.8 Å². The second-order valence-electron chi connectivity index (χ2n) is 7.31. The maximum Gasteiger partial charge on any atom is 0.335 e. The number of para-hydroxylation sites is 2. The van der Waals surface area contributed by atoms with Crippen LogP contribution in [0.1, 0.15) is 36.2 Å². The fraction of sp³-hybridized carbons (Fsp3) is 0.160. The first-order chi connectivity index (χ1) is 15.6. The molecule has 0 heterocycles. The van der Waals surface area contributed by atoms with E-state index in [1.165, 1.54) is 29.2 Å². The maximum absolute atomic E-state index is 15.3. The molecule has 3 aromatic carbocycles. The molecule has 1 atom stereocenters. The highest BCUT2D eigenvalue weighted by Crippen LogP contribution is 2.41. The van der Waals surface area contributed by atoms with Gasteiger partial charge in [0, 0.05) is 11.6 Å². The number of ether oxygens (including phenoxy) is 1. The highest BCUT2D eigenvalue weighted by Gasteiger charge is 2.27. The van der Waals surface area contributed by atoms with Crippen LogP contribution in [-0.2, 0) is 0 Å². The smallest absolute Gasteiger partial charge is 0.335 e. The number of nitrogens with zero attached hydrogens (tertiary/aromatic N) is 1. The fourth-order valence-electron chi connectivity index (χ4n) is 3.34. The van der Waals surface area contributed by atoms with Gasteiger partial charge in [0.2, 0.25) is 0 Å². The molecular weight excluding hydrogens is 471 g/mol. The summed E-state index contributed by atoms with van der Waals surface area (Å²) in [6, 6.07) is 12.3. The highest BCUT2D eigenvalue weighted by molar-refractivity contribution is 6.37. The zero-order valence-electron chi connectivity index (χ0n) is 17.9. The quantitative estimate of drug-likeness (QED) is 0.324. The second kappa shape index (κ2) is 10.2. The monoisotopic (exact) mass is 491 g/mol. The largest absolute Gasteiger partial charge is 0.478 e. The molecule has 0 aliphatic heterocycles. The Hall–Kier alpha value is -3.09. The standard InChI is InChI=1S/C25H21Cl2F2NO3/c1-4-14(2)30(22-12-11-16(25(31)32)13-21(22)29)23-17(7-5-10-20(23)28)15(3)33-24-18(26)8-6-9-19(24)27/h5-14H,3-4H2,1-2H3,(H,31,32). The molecular formula is C25H21Cl2F2NO3. The van der Waals surface area contributed by atoms with Crippen molar-refractivity contribution in [3.8, 4) is 5.75 Å². The van der Waals surface area contributed by atoms with Gasteiger partial charge in [-0.15, -0.1) is 0 Å². The van der Waals surface area contributed by atoms with Gasteiger partial charge in [-0.2, -0.15) is 0 Å². The first-order valence-electron chi connectivity index (χ1n) is 10.1. The van der Waals surface area contributed by atoms with E-state index in [2.05, 4.69) is 6.58 Å². The van der Waals surface area contributed by atoms with E-state index in [1.807, 2.05) is 6.92 Å². The second-order valence-corrected chi connectivity index (χ2v) is 8.13. The molecule has 33 heavy (non-hydrogen) atoms. The summed E-state index contributed by atoms with van der Waals surface area (Å²) in [6.45, 7) is 7.59. The van der Waals surface area contributed by atoms with Gasteiger partial charge in [-0.25, -0.2) is 13.6 Å². The number of hydrogen-bond donors (Lipinski definition) is 1. The molecule has 0 spiro atoms.